The Morgan fingerprint density at radius 1 is 1.38 bits per heavy atom. The third-order valence-electron chi connectivity index (χ3n) is 1.60. The van der Waals surface area contributed by atoms with Crippen molar-refractivity contribution in [2.75, 3.05) is 0 Å². The van der Waals surface area contributed by atoms with E-state index in [1.54, 1.807) is 0 Å². The van der Waals surface area contributed by atoms with Gasteiger partial charge in [0.2, 0.25) is 0 Å². The lowest BCUT2D eigenvalue weighted by Crippen LogP contribution is -2.38. The topological polar surface area (TPSA) is 81.3 Å². The van der Waals surface area contributed by atoms with Crippen LogP contribution >= 0.6 is 0 Å². The van der Waals surface area contributed by atoms with Crippen molar-refractivity contribution in [3.05, 3.63) is 27.0 Å². The Hall–Kier alpha value is -1.21. The van der Waals surface area contributed by atoms with E-state index >= 15 is 0 Å². The van der Waals surface area contributed by atoms with Crippen LogP contribution in [0.5, 0.6) is 0 Å². The van der Waals surface area contributed by atoms with Crippen molar-refractivity contribution in [1.29, 1.82) is 0 Å². The molecule has 13 heavy (non-hydrogen) atoms. The molecule has 1 rings (SSSR count). The molecule has 0 fully saturated rings. The van der Waals surface area contributed by atoms with E-state index in [9.17, 15) is 13.8 Å². The molecule has 0 spiro atoms. The number of rotatable bonds is 1. The quantitative estimate of drug-likeness (QED) is 0.574. The van der Waals surface area contributed by atoms with Crippen LogP contribution in [0.25, 0.3) is 0 Å². The highest BCUT2D eigenvalue weighted by molar-refractivity contribution is 7.79. The zero-order valence-corrected chi connectivity index (χ0v) is 7.87. The molecule has 0 aliphatic carbocycles. The normalized spacial score (nSPS) is 12.8. The average molecular weight is 204 g/mol. The number of hydrogen-bond acceptors (Lipinski definition) is 3. The van der Waals surface area contributed by atoms with Crippen molar-refractivity contribution in [2.45, 2.75) is 4.90 Å². The predicted octanol–water partition coefficient (Wildman–Crippen LogP) is -1.34. The van der Waals surface area contributed by atoms with Crippen molar-refractivity contribution < 1.29 is 8.76 Å². The molecular weight excluding hydrogens is 196 g/mol. The Kier molecular flexibility index (Phi) is 2.48. The summed E-state index contributed by atoms with van der Waals surface area (Å²) in [6.07, 6.45) is 1.06. The van der Waals surface area contributed by atoms with Gasteiger partial charge in [0.1, 0.15) is 4.90 Å². The molecule has 72 valence electrons. The SMILES string of the molecule is Cn1cc(S(=O)O)c(=O)n(C)c1=O. The lowest BCUT2D eigenvalue weighted by molar-refractivity contribution is 0.555. The van der Waals surface area contributed by atoms with E-state index in [2.05, 4.69) is 0 Å². The van der Waals surface area contributed by atoms with Crippen LogP contribution < -0.4 is 11.2 Å². The van der Waals surface area contributed by atoms with E-state index in [0.717, 1.165) is 15.3 Å². The summed E-state index contributed by atoms with van der Waals surface area (Å²) in [5, 5.41) is 0. The summed E-state index contributed by atoms with van der Waals surface area (Å²) in [6, 6.07) is 0. The molecular formula is C6H8N2O4S. The smallest absolute Gasteiger partial charge is 0.302 e. The van der Waals surface area contributed by atoms with Gasteiger partial charge in [-0.1, -0.05) is 0 Å². The van der Waals surface area contributed by atoms with Crippen LogP contribution in [0, 0.1) is 0 Å². The molecule has 1 heterocycles. The van der Waals surface area contributed by atoms with Crippen LogP contribution in [0.3, 0.4) is 0 Å². The molecule has 0 bridgehead atoms. The third kappa shape index (κ3) is 1.61. The van der Waals surface area contributed by atoms with Crippen LogP contribution in [-0.4, -0.2) is 17.9 Å². The minimum Gasteiger partial charge on any atom is -0.302 e. The van der Waals surface area contributed by atoms with E-state index in [4.69, 9.17) is 4.55 Å². The van der Waals surface area contributed by atoms with E-state index in [1.807, 2.05) is 0 Å². The zero-order valence-electron chi connectivity index (χ0n) is 7.05. The highest BCUT2D eigenvalue weighted by atomic mass is 32.2. The minimum atomic E-state index is -2.36. The first-order valence-electron chi connectivity index (χ1n) is 3.32. The first kappa shape index (κ1) is 9.87. The molecule has 1 aromatic heterocycles. The molecule has 1 aromatic rings. The number of nitrogens with zero attached hydrogens (tertiary/aromatic N) is 2. The first-order chi connectivity index (χ1) is 5.95. The molecule has 6 nitrogen and oxygen atoms in total. The van der Waals surface area contributed by atoms with Crippen molar-refractivity contribution in [2.24, 2.45) is 14.1 Å². The molecule has 0 saturated heterocycles. The standard InChI is InChI=1S/C6H8N2O4S/c1-7-3-4(13(11)12)5(9)8(2)6(7)10/h3H,1-2H3,(H,11,12). The molecule has 1 atom stereocenters. The second kappa shape index (κ2) is 3.27. The second-order valence-electron chi connectivity index (χ2n) is 2.50. The van der Waals surface area contributed by atoms with Gasteiger partial charge in [0.05, 0.1) is 0 Å². The Bertz CT molecular complexity index is 473. The fraction of sp³-hybridized carbons (Fsp3) is 0.333. The van der Waals surface area contributed by atoms with Crippen molar-refractivity contribution in [1.82, 2.24) is 9.13 Å². The Labute approximate surface area is 75.7 Å². The summed E-state index contributed by atoms with van der Waals surface area (Å²) in [6.45, 7) is 0. The van der Waals surface area contributed by atoms with E-state index in [1.165, 1.54) is 14.1 Å². The molecule has 0 aliphatic rings. The summed E-state index contributed by atoms with van der Waals surface area (Å²) >= 11 is -2.36. The summed E-state index contributed by atoms with van der Waals surface area (Å²) in [5.74, 6) is 0. The molecule has 0 aromatic carbocycles. The van der Waals surface area contributed by atoms with Crippen molar-refractivity contribution >= 4 is 11.1 Å². The van der Waals surface area contributed by atoms with Gasteiger partial charge >= 0.3 is 5.69 Å². The number of aryl methyl sites for hydroxylation is 1. The van der Waals surface area contributed by atoms with Gasteiger partial charge in [0.15, 0.2) is 11.1 Å². The first-order valence-corrected chi connectivity index (χ1v) is 4.43. The summed E-state index contributed by atoms with van der Waals surface area (Å²) in [4.78, 5) is 22.0. The lowest BCUT2D eigenvalue weighted by atomic mass is 10.6. The van der Waals surface area contributed by atoms with E-state index < -0.39 is 22.3 Å². The largest absolute Gasteiger partial charge is 0.330 e. The van der Waals surface area contributed by atoms with Gasteiger partial charge in [0.25, 0.3) is 5.56 Å². The Balaban J connectivity index is 3.70. The average Bonchev–Trinajstić information content (AvgIpc) is 2.07. The molecule has 1 N–H and O–H groups in total. The second-order valence-corrected chi connectivity index (χ2v) is 3.44. The van der Waals surface area contributed by atoms with Gasteiger partial charge in [-0.05, 0) is 0 Å². The van der Waals surface area contributed by atoms with E-state index in [0.29, 0.717) is 0 Å². The molecule has 0 saturated carbocycles. The van der Waals surface area contributed by atoms with Gasteiger partial charge < -0.3 is 9.12 Å². The maximum absolute atomic E-state index is 11.2. The van der Waals surface area contributed by atoms with Crippen LogP contribution in [0.1, 0.15) is 0 Å². The van der Waals surface area contributed by atoms with Gasteiger partial charge in [-0.2, -0.15) is 0 Å². The van der Waals surface area contributed by atoms with E-state index in [-0.39, 0.29) is 4.90 Å². The number of hydrogen-bond donors (Lipinski definition) is 1. The minimum absolute atomic E-state index is 0.301. The summed E-state index contributed by atoms with van der Waals surface area (Å²) in [7, 11) is 2.65. The highest BCUT2D eigenvalue weighted by Crippen LogP contribution is 1.91. The van der Waals surface area contributed by atoms with Crippen molar-refractivity contribution in [3.63, 3.8) is 0 Å². The number of aromatic nitrogens is 2. The van der Waals surface area contributed by atoms with Crippen LogP contribution in [0.4, 0.5) is 0 Å². The molecule has 0 radical (unpaired) electrons. The molecule has 0 aliphatic heterocycles. The molecule has 1 unspecified atom stereocenters. The van der Waals surface area contributed by atoms with Gasteiger partial charge in [-0.15, -0.1) is 0 Å². The van der Waals surface area contributed by atoms with Crippen molar-refractivity contribution in [3.8, 4) is 0 Å². The fourth-order valence-corrected chi connectivity index (χ4v) is 1.43. The Morgan fingerprint density at radius 3 is 2.38 bits per heavy atom. The monoisotopic (exact) mass is 204 g/mol. The lowest BCUT2D eigenvalue weighted by Gasteiger charge is -2.02. The maximum Gasteiger partial charge on any atom is 0.330 e. The molecule has 0 amide bonds. The van der Waals surface area contributed by atoms with Gasteiger partial charge in [-0.25, -0.2) is 9.00 Å². The maximum atomic E-state index is 11.2. The summed E-state index contributed by atoms with van der Waals surface area (Å²) < 4.78 is 21.2. The van der Waals surface area contributed by atoms with Gasteiger partial charge in [0, 0.05) is 20.3 Å². The highest BCUT2D eigenvalue weighted by Gasteiger charge is 2.10. The van der Waals surface area contributed by atoms with Crippen LogP contribution in [-0.2, 0) is 25.2 Å². The predicted molar refractivity (Wildman–Crippen MR) is 46.0 cm³/mol. The third-order valence-corrected chi connectivity index (χ3v) is 2.26. The Morgan fingerprint density at radius 2 is 1.92 bits per heavy atom. The summed E-state index contributed by atoms with van der Waals surface area (Å²) in [5.41, 5.74) is -1.27. The fourth-order valence-electron chi connectivity index (χ4n) is 0.895. The van der Waals surface area contributed by atoms with Gasteiger partial charge in [-0.3, -0.25) is 9.36 Å². The zero-order chi connectivity index (χ0) is 10.2. The van der Waals surface area contributed by atoms with Crippen LogP contribution in [0.15, 0.2) is 20.7 Å². The molecule has 7 heteroatoms. The van der Waals surface area contributed by atoms with Crippen LogP contribution in [0.2, 0.25) is 0 Å².